The van der Waals surface area contributed by atoms with Gasteiger partial charge in [-0.2, -0.15) is 0 Å². The summed E-state index contributed by atoms with van der Waals surface area (Å²) in [4.78, 5) is 10.7. The second kappa shape index (κ2) is 5.62. The van der Waals surface area contributed by atoms with E-state index in [0.29, 0.717) is 5.57 Å². The van der Waals surface area contributed by atoms with Crippen molar-refractivity contribution in [2.24, 2.45) is 0 Å². The van der Waals surface area contributed by atoms with E-state index in [1.807, 2.05) is 0 Å². The van der Waals surface area contributed by atoms with Gasteiger partial charge >= 0.3 is 0 Å². The molecule has 1 N–H and O–H groups in total. The third-order valence-corrected chi connectivity index (χ3v) is 1.17. The predicted molar refractivity (Wildman–Crippen MR) is 45.2 cm³/mol. The van der Waals surface area contributed by atoms with Gasteiger partial charge in [0, 0.05) is 5.57 Å². The van der Waals surface area contributed by atoms with Crippen LogP contribution in [0.25, 0.3) is 0 Å². The van der Waals surface area contributed by atoms with Crippen molar-refractivity contribution in [2.75, 3.05) is 6.61 Å². The fourth-order valence-corrected chi connectivity index (χ4v) is 0.532. The minimum Gasteiger partial charge on any atom is -0.392 e. The minimum atomic E-state index is -0.211. The molecule has 0 aromatic rings. The predicted octanol–water partition coefficient (Wildman–Crippen LogP) is 1.24. The van der Waals surface area contributed by atoms with Crippen LogP contribution >= 0.6 is 0 Å². The average Bonchev–Trinajstić information content (AvgIpc) is 1.97. The van der Waals surface area contributed by atoms with Crippen LogP contribution in [-0.4, -0.2) is 17.5 Å². The Morgan fingerprint density at radius 3 is 2.55 bits per heavy atom. The first-order valence-electron chi connectivity index (χ1n) is 3.32. The first-order valence-corrected chi connectivity index (χ1v) is 3.32. The highest BCUT2D eigenvalue weighted by atomic mass is 16.3. The fourth-order valence-electron chi connectivity index (χ4n) is 0.532. The highest BCUT2D eigenvalue weighted by Gasteiger charge is 1.97. The number of allylic oxidation sites excluding steroid dienone is 4. The van der Waals surface area contributed by atoms with Crippen LogP contribution < -0.4 is 0 Å². The SMILES string of the molecule is C=C/C=C\C=C(/CO)C(C)=O. The van der Waals surface area contributed by atoms with Crippen LogP contribution in [0.1, 0.15) is 6.92 Å². The molecule has 0 spiro atoms. The summed E-state index contributed by atoms with van der Waals surface area (Å²) in [5.74, 6) is -0.110. The molecule has 0 amide bonds. The summed E-state index contributed by atoms with van der Waals surface area (Å²) in [5, 5.41) is 8.65. The Hall–Kier alpha value is -1.15. The lowest BCUT2D eigenvalue weighted by Gasteiger charge is -1.93. The summed E-state index contributed by atoms with van der Waals surface area (Å²) in [6, 6.07) is 0. The second-order valence-electron chi connectivity index (χ2n) is 2.03. The second-order valence-corrected chi connectivity index (χ2v) is 2.03. The number of hydrogen-bond acceptors (Lipinski definition) is 2. The largest absolute Gasteiger partial charge is 0.392 e. The van der Waals surface area contributed by atoms with Crippen LogP contribution in [0.5, 0.6) is 0 Å². The lowest BCUT2D eigenvalue weighted by atomic mass is 10.2. The molecule has 2 heteroatoms. The Balaban J connectivity index is 4.23. The van der Waals surface area contributed by atoms with Crippen molar-refractivity contribution in [3.8, 4) is 0 Å². The standard InChI is InChI=1S/C9H12O2/c1-3-4-5-6-9(7-10)8(2)11/h3-6,10H,1,7H2,2H3/b5-4-,9-6+. The van der Waals surface area contributed by atoms with Crippen LogP contribution in [0.3, 0.4) is 0 Å². The molecule has 0 aliphatic rings. The number of Topliss-reactive ketones (excluding diaryl/α,β-unsaturated/α-hetero) is 1. The Bertz CT molecular complexity index is 200. The number of carbonyl (C=O) groups is 1. The van der Waals surface area contributed by atoms with Crippen LogP contribution in [-0.2, 0) is 4.79 Å². The fraction of sp³-hybridized carbons (Fsp3) is 0.222. The molecular weight excluding hydrogens is 140 g/mol. The molecule has 0 saturated heterocycles. The zero-order chi connectivity index (χ0) is 8.69. The van der Waals surface area contributed by atoms with Gasteiger partial charge in [-0.25, -0.2) is 0 Å². The van der Waals surface area contributed by atoms with E-state index in [-0.39, 0.29) is 12.4 Å². The summed E-state index contributed by atoms with van der Waals surface area (Å²) in [6.45, 7) is 4.67. The Kier molecular flexibility index (Phi) is 5.03. The number of hydrogen-bond donors (Lipinski definition) is 1. The maximum absolute atomic E-state index is 10.7. The van der Waals surface area contributed by atoms with Crippen molar-refractivity contribution in [3.63, 3.8) is 0 Å². The van der Waals surface area contributed by atoms with Crippen LogP contribution in [0.15, 0.2) is 36.5 Å². The summed E-state index contributed by atoms with van der Waals surface area (Å²) in [5.41, 5.74) is 0.406. The molecule has 0 radical (unpaired) electrons. The molecule has 0 aromatic heterocycles. The zero-order valence-electron chi connectivity index (χ0n) is 6.58. The van der Waals surface area contributed by atoms with E-state index in [2.05, 4.69) is 6.58 Å². The van der Waals surface area contributed by atoms with E-state index in [9.17, 15) is 4.79 Å². The summed E-state index contributed by atoms with van der Waals surface area (Å²) in [6.07, 6.45) is 6.54. The van der Waals surface area contributed by atoms with Crippen molar-refractivity contribution in [2.45, 2.75) is 6.92 Å². The number of rotatable bonds is 4. The van der Waals surface area contributed by atoms with Gasteiger partial charge in [-0.3, -0.25) is 4.79 Å². The number of aliphatic hydroxyl groups is 1. The van der Waals surface area contributed by atoms with Crippen molar-refractivity contribution in [3.05, 3.63) is 36.5 Å². The quantitative estimate of drug-likeness (QED) is 0.486. The summed E-state index contributed by atoms with van der Waals surface area (Å²) < 4.78 is 0. The van der Waals surface area contributed by atoms with E-state index in [4.69, 9.17) is 5.11 Å². The molecule has 0 heterocycles. The highest BCUT2D eigenvalue weighted by Crippen LogP contribution is 1.94. The minimum absolute atomic E-state index is 0.110. The Labute approximate surface area is 66.5 Å². The molecule has 0 unspecified atom stereocenters. The highest BCUT2D eigenvalue weighted by molar-refractivity contribution is 5.93. The smallest absolute Gasteiger partial charge is 0.158 e. The maximum atomic E-state index is 10.7. The number of aliphatic hydroxyl groups excluding tert-OH is 1. The molecule has 0 bridgehead atoms. The van der Waals surface area contributed by atoms with Crippen LogP contribution in [0.4, 0.5) is 0 Å². The molecule has 0 rings (SSSR count). The van der Waals surface area contributed by atoms with Gasteiger partial charge in [0.2, 0.25) is 0 Å². The molecular formula is C9H12O2. The van der Waals surface area contributed by atoms with Crippen LogP contribution in [0.2, 0.25) is 0 Å². The van der Waals surface area contributed by atoms with E-state index in [1.54, 1.807) is 24.3 Å². The first-order chi connectivity index (χ1) is 5.22. The number of ketones is 1. The van der Waals surface area contributed by atoms with Crippen molar-refractivity contribution < 1.29 is 9.90 Å². The van der Waals surface area contributed by atoms with E-state index in [0.717, 1.165) is 0 Å². The molecule has 0 fully saturated rings. The Morgan fingerprint density at radius 1 is 1.55 bits per heavy atom. The summed E-state index contributed by atoms with van der Waals surface area (Å²) in [7, 11) is 0. The van der Waals surface area contributed by atoms with Gasteiger partial charge in [0.25, 0.3) is 0 Å². The van der Waals surface area contributed by atoms with Gasteiger partial charge in [0.05, 0.1) is 6.61 Å². The Morgan fingerprint density at radius 2 is 2.18 bits per heavy atom. The lowest BCUT2D eigenvalue weighted by Crippen LogP contribution is -2.00. The van der Waals surface area contributed by atoms with Gasteiger partial charge in [-0.05, 0) is 6.92 Å². The van der Waals surface area contributed by atoms with Gasteiger partial charge in [0.1, 0.15) is 0 Å². The van der Waals surface area contributed by atoms with E-state index in [1.165, 1.54) is 6.92 Å². The third-order valence-electron chi connectivity index (χ3n) is 1.17. The molecule has 0 aliphatic carbocycles. The van der Waals surface area contributed by atoms with Crippen molar-refractivity contribution in [1.82, 2.24) is 0 Å². The lowest BCUT2D eigenvalue weighted by molar-refractivity contribution is -0.114. The molecule has 0 saturated carbocycles. The molecule has 2 nitrogen and oxygen atoms in total. The van der Waals surface area contributed by atoms with Crippen LogP contribution in [0, 0.1) is 0 Å². The zero-order valence-corrected chi connectivity index (χ0v) is 6.58. The molecule has 11 heavy (non-hydrogen) atoms. The molecule has 0 aliphatic heterocycles. The molecule has 0 atom stereocenters. The normalized spacial score (nSPS) is 12.0. The number of carbonyl (C=O) groups excluding carboxylic acids is 1. The summed E-state index contributed by atoms with van der Waals surface area (Å²) >= 11 is 0. The van der Waals surface area contributed by atoms with Gasteiger partial charge in [-0.1, -0.05) is 30.9 Å². The average molecular weight is 152 g/mol. The maximum Gasteiger partial charge on any atom is 0.158 e. The van der Waals surface area contributed by atoms with Gasteiger partial charge in [0.15, 0.2) is 5.78 Å². The van der Waals surface area contributed by atoms with Gasteiger partial charge < -0.3 is 5.11 Å². The topological polar surface area (TPSA) is 37.3 Å². The van der Waals surface area contributed by atoms with E-state index >= 15 is 0 Å². The van der Waals surface area contributed by atoms with Gasteiger partial charge in [-0.15, -0.1) is 0 Å². The molecule has 60 valence electrons. The van der Waals surface area contributed by atoms with Crippen molar-refractivity contribution >= 4 is 5.78 Å². The van der Waals surface area contributed by atoms with Crippen molar-refractivity contribution in [1.29, 1.82) is 0 Å². The van der Waals surface area contributed by atoms with E-state index < -0.39 is 0 Å². The monoisotopic (exact) mass is 152 g/mol. The molecule has 0 aromatic carbocycles. The first kappa shape index (κ1) is 9.85. The third kappa shape index (κ3) is 4.28.